The van der Waals surface area contributed by atoms with E-state index >= 15 is 0 Å². The van der Waals surface area contributed by atoms with Gasteiger partial charge in [-0.1, -0.05) is 30.3 Å². The molecule has 0 amide bonds. The number of anilines is 1. The maximum absolute atomic E-state index is 12.0. The van der Waals surface area contributed by atoms with E-state index in [0.29, 0.717) is 5.56 Å². The lowest BCUT2D eigenvalue weighted by Gasteiger charge is -2.12. The molecule has 2 aromatic carbocycles. The van der Waals surface area contributed by atoms with Gasteiger partial charge in [0.2, 0.25) is 0 Å². The van der Waals surface area contributed by atoms with Crippen LogP contribution in [-0.4, -0.2) is 32.6 Å². The third-order valence-electron chi connectivity index (χ3n) is 2.98. The summed E-state index contributed by atoms with van der Waals surface area (Å²) >= 11 is 0. The highest BCUT2D eigenvalue weighted by molar-refractivity contribution is 5.99. The first kappa shape index (κ1) is 14.0. The Morgan fingerprint density at radius 2 is 1.70 bits per heavy atom. The van der Waals surface area contributed by atoms with Crippen molar-refractivity contribution >= 4 is 17.7 Å². The van der Waals surface area contributed by atoms with E-state index in [1.807, 2.05) is 73.6 Å². The third kappa shape index (κ3) is 3.79. The summed E-state index contributed by atoms with van der Waals surface area (Å²) in [5.41, 5.74) is 2.78. The van der Waals surface area contributed by atoms with Gasteiger partial charge in [0.1, 0.15) is 6.54 Å². The molecule has 102 valence electrons. The lowest BCUT2D eigenvalue weighted by molar-refractivity contribution is 0.100. The number of aliphatic imine (C=N–C) groups is 1. The number of hydrogen-bond donors (Lipinski definition) is 0. The summed E-state index contributed by atoms with van der Waals surface area (Å²) in [5.74, 6) is 0.0301. The molecule has 20 heavy (non-hydrogen) atoms. The van der Waals surface area contributed by atoms with Crippen molar-refractivity contribution in [2.45, 2.75) is 0 Å². The average molecular weight is 266 g/mol. The normalized spacial score (nSPS) is 10.7. The average Bonchev–Trinajstić information content (AvgIpc) is 2.48. The van der Waals surface area contributed by atoms with Gasteiger partial charge in [-0.05, 0) is 29.8 Å². The summed E-state index contributed by atoms with van der Waals surface area (Å²) in [6.45, 7) is 0.177. The first-order valence-electron chi connectivity index (χ1n) is 6.52. The van der Waals surface area contributed by atoms with Crippen LogP contribution in [0.5, 0.6) is 0 Å². The van der Waals surface area contributed by atoms with Gasteiger partial charge in [0.05, 0.1) is 0 Å². The topological polar surface area (TPSA) is 32.7 Å². The zero-order chi connectivity index (χ0) is 14.4. The largest absolute Gasteiger partial charge is 0.378 e. The zero-order valence-corrected chi connectivity index (χ0v) is 11.8. The molecule has 0 radical (unpaired) electrons. The van der Waals surface area contributed by atoms with Crippen LogP contribution in [0.2, 0.25) is 0 Å². The molecule has 0 heterocycles. The van der Waals surface area contributed by atoms with Gasteiger partial charge in [0.25, 0.3) is 0 Å². The second-order valence-electron chi connectivity index (χ2n) is 4.74. The number of ketones is 1. The molecule has 2 rings (SSSR count). The number of benzene rings is 2. The van der Waals surface area contributed by atoms with Crippen molar-refractivity contribution in [2.75, 3.05) is 25.5 Å². The maximum Gasteiger partial charge on any atom is 0.184 e. The summed E-state index contributed by atoms with van der Waals surface area (Å²) < 4.78 is 0. The molecule has 0 spiro atoms. The Kier molecular flexibility index (Phi) is 4.66. The molecule has 0 aromatic heterocycles. The van der Waals surface area contributed by atoms with Crippen LogP contribution in [-0.2, 0) is 0 Å². The molecule has 3 nitrogen and oxygen atoms in total. The fraction of sp³-hybridized carbons (Fsp3) is 0.176. The number of carbonyl (C=O) groups excluding carboxylic acids is 1. The third-order valence-corrected chi connectivity index (χ3v) is 2.98. The van der Waals surface area contributed by atoms with Gasteiger partial charge in [-0.2, -0.15) is 0 Å². The highest BCUT2D eigenvalue weighted by Gasteiger charge is 2.04. The number of carbonyl (C=O) groups is 1. The SMILES string of the molecule is CN(C)c1ccc(C(=O)CN=Cc2ccccc2)cc1. The predicted octanol–water partition coefficient (Wildman–Crippen LogP) is 3.05. The molecule has 2 aromatic rings. The Morgan fingerprint density at radius 3 is 2.30 bits per heavy atom. The minimum absolute atomic E-state index is 0.0301. The van der Waals surface area contributed by atoms with E-state index in [1.165, 1.54) is 0 Å². The van der Waals surface area contributed by atoms with Crippen molar-refractivity contribution in [3.63, 3.8) is 0 Å². The molecular weight excluding hydrogens is 248 g/mol. The molecule has 0 saturated heterocycles. The summed E-state index contributed by atoms with van der Waals surface area (Å²) in [7, 11) is 3.95. The highest BCUT2D eigenvalue weighted by Crippen LogP contribution is 2.12. The number of nitrogens with zero attached hydrogens (tertiary/aromatic N) is 2. The second kappa shape index (κ2) is 6.66. The van der Waals surface area contributed by atoms with Crippen LogP contribution in [0.1, 0.15) is 15.9 Å². The van der Waals surface area contributed by atoms with E-state index < -0.39 is 0 Å². The Hall–Kier alpha value is -2.42. The van der Waals surface area contributed by atoms with Crippen LogP contribution in [0, 0.1) is 0 Å². The van der Waals surface area contributed by atoms with Crippen molar-refractivity contribution in [3.8, 4) is 0 Å². The molecule has 0 aliphatic rings. The van der Waals surface area contributed by atoms with Crippen molar-refractivity contribution < 1.29 is 4.79 Å². The van der Waals surface area contributed by atoms with Gasteiger partial charge in [-0.25, -0.2) is 0 Å². The van der Waals surface area contributed by atoms with E-state index in [4.69, 9.17) is 0 Å². The van der Waals surface area contributed by atoms with Crippen LogP contribution >= 0.6 is 0 Å². The summed E-state index contributed by atoms with van der Waals surface area (Å²) in [5, 5.41) is 0. The Labute approximate surface area is 119 Å². The lowest BCUT2D eigenvalue weighted by atomic mass is 10.1. The van der Waals surface area contributed by atoms with Crippen molar-refractivity contribution in [2.24, 2.45) is 4.99 Å². The fourth-order valence-corrected chi connectivity index (χ4v) is 1.81. The quantitative estimate of drug-likeness (QED) is 0.615. The minimum Gasteiger partial charge on any atom is -0.378 e. The second-order valence-corrected chi connectivity index (χ2v) is 4.74. The van der Waals surface area contributed by atoms with Gasteiger partial charge in [0, 0.05) is 31.6 Å². The van der Waals surface area contributed by atoms with Crippen LogP contribution in [0.3, 0.4) is 0 Å². The van der Waals surface area contributed by atoms with E-state index in [1.54, 1.807) is 6.21 Å². The monoisotopic (exact) mass is 266 g/mol. The standard InChI is InChI=1S/C17H18N2O/c1-19(2)16-10-8-15(9-11-16)17(20)13-18-12-14-6-4-3-5-7-14/h3-12H,13H2,1-2H3. The van der Waals surface area contributed by atoms with E-state index in [2.05, 4.69) is 4.99 Å². The van der Waals surface area contributed by atoms with E-state index in [9.17, 15) is 4.79 Å². The first-order chi connectivity index (χ1) is 9.66. The molecule has 3 heteroatoms. The maximum atomic E-state index is 12.0. The van der Waals surface area contributed by atoms with Gasteiger partial charge >= 0.3 is 0 Å². The van der Waals surface area contributed by atoms with Crippen molar-refractivity contribution in [3.05, 3.63) is 65.7 Å². The lowest BCUT2D eigenvalue weighted by Crippen LogP contribution is -2.09. The molecular formula is C17H18N2O. The number of hydrogen-bond acceptors (Lipinski definition) is 3. The molecule has 0 atom stereocenters. The van der Waals surface area contributed by atoms with Crippen molar-refractivity contribution in [1.29, 1.82) is 0 Å². The highest BCUT2D eigenvalue weighted by atomic mass is 16.1. The molecule has 0 aliphatic heterocycles. The Morgan fingerprint density at radius 1 is 1.05 bits per heavy atom. The van der Waals surface area contributed by atoms with Crippen molar-refractivity contribution in [1.82, 2.24) is 0 Å². The first-order valence-corrected chi connectivity index (χ1v) is 6.52. The molecule has 0 fully saturated rings. The molecule has 0 N–H and O–H groups in total. The summed E-state index contributed by atoms with van der Waals surface area (Å²) in [6.07, 6.45) is 1.73. The van der Waals surface area contributed by atoms with E-state index in [0.717, 1.165) is 11.3 Å². The Balaban J connectivity index is 1.96. The Bertz CT molecular complexity index is 586. The molecule has 0 unspecified atom stereocenters. The number of Topliss-reactive ketones (excluding diaryl/α,β-unsaturated/α-hetero) is 1. The minimum atomic E-state index is 0.0301. The summed E-state index contributed by atoms with van der Waals surface area (Å²) in [4.78, 5) is 18.2. The number of rotatable bonds is 5. The molecule has 0 bridgehead atoms. The van der Waals surface area contributed by atoms with Crippen LogP contribution in [0.4, 0.5) is 5.69 Å². The molecule has 0 aliphatic carbocycles. The van der Waals surface area contributed by atoms with Crippen LogP contribution < -0.4 is 4.90 Å². The predicted molar refractivity (Wildman–Crippen MR) is 84.0 cm³/mol. The van der Waals surface area contributed by atoms with Gasteiger partial charge in [-0.15, -0.1) is 0 Å². The van der Waals surface area contributed by atoms with Gasteiger partial charge in [0.15, 0.2) is 5.78 Å². The zero-order valence-electron chi connectivity index (χ0n) is 11.8. The fourth-order valence-electron chi connectivity index (χ4n) is 1.81. The smallest absolute Gasteiger partial charge is 0.184 e. The van der Waals surface area contributed by atoms with Gasteiger partial charge in [-0.3, -0.25) is 9.79 Å². The van der Waals surface area contributed by atoms with E-state index in [-0.39, 0.29) is 12.3 Å². The van der Waals surface area contributed by atoms with Crippen LogP contribution in [0.25, 0.3) is 0 Å². The van der Waals surface area contributed by atoms with Crippen LogP contribution in [0.15, 0.2) is 59.6 Å². The molecule has 0 saturated carbocycles. The van der Waals surface area contributed by atoms with Gasteiger partial charge < -0.3 is 4.90 Å². The summed E-state index contributed by atoms with van der Waals surface area (Å²) in [6, 6.07) is 17.3.